The summed E-state index contributed by atoms with van der Waals surface area (Å²) in [5, 5.41) is 0.555. The summed E-state index contributed by atoms with van der Waals surface area (Å²) in [6, 6.07) is 14.2. The number of methoxy groups -OCH3 is 1. The molecule has 0 aromatic heterocycles. The maximum absolute atomic E-state index is 11.9. The monoisotopic (exact) mass is 276 g/mol. The molecule has 0 unspecified atom stereocenters. The van der Waals surface area contributed by atoms with Gasteiger partial charge in [-0.3, -0.25) is 4.79 Å². The lowest BCUT2D eigenvalue weighted by molar-refractivity contribution is -0.133. The third kappa shape index (κ3) is 3.48. The van der Waals surface area contributed by atoms with Crippen molar-refractivity contribution < 1.29 is 14.3 Å². The van der Waals surface area contributed by atoms with E-state index in [0.29, 0.717) is 16.5 Å². The van der Waals surface area contributed by atoms with Crippen LogP contribution in [0.2, 0.25) is 5.02 Å². The van der Waals surface area contributed by atoms with Gasteiger partial charge in [-0.2, -0.15) is 0 Å². The number of esters is 1. The molecule has 0 amide bonds. The number of ether oxygens (including phenoxy) is 2. The molecule has 0 aliphatic rings. The Labute approximate surface area is 116 Å². The van der Waals surface area contributed by atoms with Gasteiger partial charge in [0.25, 0.3) is 0 Å². The molecule has 0 spiro atoms. The molecular formula is C15H13ClO3. The summed E-state index contributed by atoms with van der Waals surface area (Å²) >= 11 is 6.00. The number of carbonyl (C=O) groups is 1. The molecule has 0 N–H and O–H groups in total. The Morgan fingerprint density at radius 3 is 2.37 bits per heavy atom. The average Bonchev–Trinajstić information content (AvgIpc) is 2.42. The highest BCUT2D eigenvalue weighted by molar-refractivity contribution is 6.31. The van der Waals surface area contributed by atoms with Crippen LogP contribution in [0.1, 0.15) is 5.56 Å². The first-order valence-electron chi connectivity index (χ1n) is 5.78. The van der Waals surface area contributed by atoms with Crippen molar-refractivity contribution in [2.45, 2.75) is 6.42 Å². The number of benzene rings is 2. The van der Waals surface area contributed by atoms with Crippen molar-refractivity contribution in [3.8, 4) is 11.5 Å². The lowest BCUT2D eigenvalue weighted by Gasteiger charge is -2.09. The Morgan fingerprint density at radius 1 is 1.05 bits per heavy atom. The molecule has 0 heterocycles. The molecular weight excluding hydrogens is 264 g/mol. The van der Waals surface area contributed by atoms with Crippen molar-refractivity contribution in [2.24, 2.45) is 0 Å². The third-order valence-electron chi connectivity index (χ3n) is 2.59. The van der Waals surface area contributed by atoms with Crippen LogP contribution in [-0.2, 0) is 11.2 Å². The summed E-state index contributed by atoms with van der Waals surface area (Å²) in [5.74, 6) is 0.551. The molecule has 4 heteroatoms. The summed E-state index contributed by atoms with van der Waals surface area (Å²) in [7, 11) is 1.53. The molecule has 0 radical (unpaired) electrons. The van der Waals surface area contributed by atoms with E-state index in [1.807, 2.05) is 18.2 Å². The predicted molar refractivity (Wildman–Crippen MR) is 73.8 cm³/mol. The summed E-state index contributed by atoms with van der Waals surface area (Å²) in [5.41, 5.74) is 0.740. The van der Waals surface area contributed by atoms with Crippen LogP contribution in [-0.4, -0.2) is 13.1 Å². The van der Waals surface area contributed by atoms with E-state index in [0.717, 1.165) is 5.56 Å². The number of rotatable bonds is 4. The molecule has 19 heavy (non-hydrogen) atoms. The molecule has 2 rings (SSSR count). The van der Waals surface area contributed by atoms with Crippen molar-refractivity contribution in [1.82, 2.24) is 0 Å². The van der Waals surface area contributed by atoms with Crippen molar-refractivity contribution in [3.05, 3.63) is 59.1 Å². The molecule has 2 aromatic carbocycles. The molecule has 0 atom stereocenters. The highest BCUT2D eigenvalue weighted by atomic mass is 35.5. The number of hydrogen-bond donors (Lipinski definition) is 0. The Bertz CT molecular complexity index is 581. The topological polar surface area (TPSA) is 35.5 Å². The third-order valence-corrected chi connectivity index (χ3v) is 2.95. The van der Waals surface area contributed by atoms with E-state index in [-0.39, 0.29) is 12.4 Å². The van der Waals surface area contributed by atoms with Gasteiger partial charge in [-0.1, -0.05) is 41.9 Å². The van der Waals surface area contributed by atoms with Crippen LogP contribution < -0.4 is 9.47 Å². The van der Waals surface area contributed by atoms with Crippen LogP contribution >= 0.6 is 11.6 Å². The number of halogens is 1. The molecule has 98 valence electrons. The molecule has 0 saturated carbocycles. The van der Waals surface area contributed by atoms with E-state index in [1.54, 1.807) is 30.3 Å². The van der Waals surface area contributed by atoms with E-state index in [9.17, 15) is 4.79 Å². The van der Waals surface area contributed by atoms with Crippen LogP contribution in [0.15, 0.2) is 48.5 Å². The Hall–Kier alpha value is -2.00. The van der Waals surface area contributed by atoms with Gasteiger partial charge in [-0.25, -0.2) is 0 Å². The minimum absolute atomic E-state index is 0.123. The van der Waals surface area contributed by atoms with Gasteiger partial charge in [0, 0.05) is 5.02 Å². The van der Waals surface area contributed by atoms with Gasteiger partial charge >= 0.3 is 5.97 Å². The van der Waals surface area contributed by atoms with Crippen LogP contribution in [0.4, 0.5) is 0 Å². The summed E-state index contributed by atoms with van der Waals surface area (Å²) in [6.45, 7) is 0. The second-order valence-electron chi connectivity index (χ2n) is 3.89. The largest absolute Gasteiger partial charge is 0.493 e. The molecule has 0 aliphatic carbocycles. The highest BCUT2D eigenvalue weighted by Gasteiger charge is 2.11. The van der Waals surface area contributed by atoms with Gasteiger partial charge in [0.2, 0.25) is 0 Å². The minimum atomic E-state index is -0.377. The fourth-order valence-electron chi connectivity index (χ4n) is 1.66. The first-order chi connectivity index (χ1) is 9.20. The smallest absolute Gasteiger partial charge is 0.315 e. The standard InChI is InChI=1S/C15H13ClO3/c1-18-13-8-4-5-9-14(13)19-15(17)10-11-6-2-3-7-12(11)16/h2-9H,10H2,1H3. The normalized spacial score (nSPS) is 10.0. The summed E-state index contributed by atoms with van der Waals surface area (Å²) in [6.07, 6.45) is 0.123. The fourth-order valence-corrected chi connectivity index (χ4v) is 1.86. The Balaban J connectivity index is 2.08. The SMILES string of the molecule is COc1ccccc1OC(=O)Cc1ccccc1Cl. The van der Waals surface area contributed by atoms with Gasteiger partial charge < -0.3 is 9.47 Å². The highest BCUT2D eigenvalue weighted by Crippen LogP contribution is 2.26. The number of carbonyl (C=O) groups excluding carboxylic acids is 1. The van der Waals surface area contributed by atoms with Crippen LogP contribution in [0.3, 0.4) is 0 Å². The van der Waals surface area contributed by atoms with Crippen LogP contribution in [0, 0.1) is 0 Å². The van der Waals surface area contributed by atoms with E-state index in [4.69, 9.17) is 21.1 Å². The number of hydrogen-bond acceptors (Lipinski definition) is 3. The predicted octanol–water partition coefficient (Wildman–Crippen LogP) is 3.50. The van der Waals surface area contributed by atoms with Gasteiger partial charge in [0.15, 0.2) is 11.5 Å². The van der Waals surface area contributed by atoms with Crippen molar-refractivity contribution in [2.75, 3.05) is 7.11 Å². The van der Waals surface area contributed by atoms with E-state index in [1.165, 1.54) is 7.11 Å². The molecule has 0 aliphatic heterocycles. The first kappa shape index (κ1) is 13.4. The van der Waals surface area contributed by atoms with E-state index in [2.05, 4.69) is 0 Å². The molecule has 0 saturated heterocycles. The lowest BCUT2D eigenvalue weighted by Crippen LogP contribution is -2.12. The molecule has 0 fully saturated rings. The van der Waals surface area contributed by atoms with Crippen molar-refractivity contribution in [3.63, 3.8) is 0 Å². The zero-order valence-electron chi connectivity index (χ0n) is 10.4. The Kier molecular flexibility index (Phi) is 4.42. The Morgan fingerprint density at radius 2 is 1.68 bits per heavy atom. The lowest BCUT2D eigenvalue weighted by atomic mass is 10.1. The summed E-state index contributed by atoms with van der Waals surface area (Å²) < 4.78 is 10.4. The van der Waals surface area contributed by atoms with Crippen LogP contribution in [0.25, 0.3) is 0 Å². The maximum Gasteiger partial charge on any atom is 0.315 e. The summed E-state index contributed by atoms with van der Waals surface area (Å²) in [4.78, 5) is 11.9. The van der Waals surface area contributed by atoms with Crippen LogP contribution in [0.5, 0.6) is 11.5 Å². The molecule has 2 aromatic rings. The zero-order chi connectivity index (χ0) is 13.7. The van der Waals surface area contributed by atoms with E-state index < -0.39 is 0 Å². The second kappa shape index (κ2) is 6.25. The first-order valence-corrected chi connectivity index (χ1v) is 6.15. The van der Waals surface area contributed by atoms with Crippen molar-refractivity contribution in [1.29, 1.82) is 0 Å². The minimum Gasteiger partial charge on any atom is -0.493 e. The zero-order valence-corrected chi connectivity index (χ0v) is 11.2. The maximum atomic E-state index is 11.9. The number of para-hydroxylation sites is 2. The van der Waals surface area contributed by atoms with Gasteiger partial charge in [0.1, 0.15) is 0 Å². The second-order valence-corrected chi connectivity index (χ2v) is 4.30. The average molecular weight is 277 g/mol. The quantitative estimate of drug-likeness (QED) is 0.633. The van der Waals surface area contributed by atoms with Crippen molar-refractivity contribution >= 4 is 17.6 Å². The fraction of sp³-hybridized carbons (Fsp3) is 0.133. The van der Waals surface area contributed by atoms with Gasteiger partial charge in [-0.05, 0) is 23.8 Å². The van der Waals surface area contributed by atoms with Gasteiger partial charge in [0.05, 0.1) is 13.5 Å². The molecule has 0 bridgehead atoms. The molecule has 3 nitrogen and oxygen atoms in total. The van der Waals surface area contributed by atoms with E-state index >= 15 is 0 Å². The van der Waals surface area contributed by atoms with Gasteiger partial charge in [-0.15, -0.1) is 0 Å².